The Kier molecular flexibility index (Phi) is 5.57. The van der Waals surface area contributed by atoms with Crippen LogP contribution < -0.4 is 0 Å². The third-order valence-corrected chi connectivity index (χ3v) is 3.02. The molecule has 0 nitrogen and oxygen atoms in total. The van der Waals surface area contributed by atoms with E-state index < -0.39 is 0 Å². The second-order valence-electron chi connectivity index (χ2n) is 1.45. The zero-order valence-electron chi connectivity index (χ0n) is 4.88. The molecule has 0 aliphatic rings. The zero-order chi connectivity index (χ0) is 6.41. The van der Waals surface area contributed by atoms with Crippen LogP contribution >= 0.6 is 19.4 Å². The van der Waals surface area contributed by atoms with Gasteiger partial charge in [-0.15, -0.1) is 13.2 Å². The summed E-state index contributed by atoms with van der Waals surface area (Å²) in [7, 11) is -0.122. The molecule has 0 atom stereocenters. The van der Waals surface area contributed by atoms with Crippen molar-refractivity contribution in [3.05, 3.63) is 25.3 Å². The van der Waals surface area contributed by atoms with Gasteiger partial charge in [0.1, 0.15) is 0 Å². The molecule has 0 aromatic carbocycles. The summed E-state index contributed by atoms with van der Waals surface area (Å²) in [6.07, 6.45) is 5.87. The van der Waals surface area contributed by atoms with E-state index in [0.717, 1.165) is 12.3 Å². The van der Waals surface area contributed by atoms with Gasteiger partial charge in [-0.1, -0.05) is 12.2 Å². The average molecular weight is 146 g/mol. The van der Waals surface area contributed by atoms with Crippen molar-refractivity contribution < 1.29 is 0 Å². The number of hydrogen-bond acceptors (Lipinski definition) is 1. The summed E-state index contributed by atoms with van der Waals surface area (Å²) in [5, 5.41) is 0. The van der Waals surface area contributed by atoms with Crippen molar-refractivity contribution >= 4 is 19.4 Å². The molecule has 0 bridgehead atoms. The highest BCUT2D eigenvalue weighted by Gasteiger charge is 1.92. The fraction of sp³-hybridized carbons (Fsp3) is 0.333. The lowest BCUT2D eigenvalue weighted by atomic mass is 10.8. The Labute approximate surface area is 57.6 Å². The first kappa shape index (κ1) is 8.26. The number of hydrogen-bond donors (Lipinski definition) is 1. The van der Waals surface area contributed by atoms with E-state index in [-0.39, 0.29) is 7.12 Å². The van der Waals surface area contributed by atoms with Gasteiger partial charge in [0.05, 0.1) is 0 Å². The quantitative estimate of drug-likeness (QED) is 0.352. The molecule has 0 aliphatic carbocycles. The summed E-state index contributed by atoms with van der Waals surface area (Å²) in [5.41, 5.74) is 0. The summed E-state index contributed by atoms with van der Waals surface area (Å²) in [4.78, 5) is 0. The summed E-state index contributed by atoms with van der Waals surface area (Å²) >= 11 is 4.31. The highest BCUT2D eigenvalue weighted by molar-refractivity contribution is 8.45. The fourth-order valence-electron chi connectivity index (χ4n) is 0.373. The average Bonchev–Trinajstić information content (AvgIpc) is 1.68. The Morgan fingerprint density at radius 3 is 1.88 bits per heavy atom. The third-order valence-electron chi connectivity index (χ3n) is 0.680. The maximum atomic E-state index is 4.31. The minimum Gasteiger partial charge on any atom is -0.151 e. The largest absolute Gasteiger partial charge is 0.151 e. The lowest BCUT2D eigenvalue weighted by molar-refractivity contribution is 1.70. The molecule has 0 aliphatic heterocycles. The van der Waals surface area contributed by atoms with E-state index in [4.69, 9.17) is 0 Å². The van der Waals surface area contributed by atoms with Crippen molar-refractivity contribution in [2.45, 2.75) is 0 Å². The minimum absolute atomic E-state index is 0.122. The van der Waals surface area contributed by atoms with Gasteiger partial charge in [-0.3, -0.25) is 0 Å². The van der Waals surface area contributed by atoms with Crippen molar-refractivity contribution in [3.63, 3.8) is 0 Å². The van der Waals surface area contributed by atoms with Gasteiger partial charge in [-0.25, -0.2) is 0 Å². The van der Waals surface area contributed by atoms with Gasteiger partial charge in [0.2, 0.25) is 0 Å². The lowest BCUT2D eigenvalue weighted by Gasteiger charge is -2.01. The summed E-state index contributed by atoms with van der Waals surface area (Å²) in [5.74, 6) is 0. The van der Waals surface area contributed by atoms with E-state index in [0.29, 0.717) is 0 Å². The molecule has 0 aromatic rings. The molecule has 0 spiro atoms. The van der Waals surface area contributed by atoms with Crippen LogP contribution in [0.2, 0.25) is 0 Å². The predicted molar refractivity (Wildman–Crippen MR) is 46.0 cm³/mol. The minimum atomic E-state index is -0.122. The molecule has 0 unspecified atom stereocenters. The van der Waals surface area contributed by atoms with Crippen LogP contribution in [0.5, 0.6) is 0 Å². The van der Waals surface area contributed by atoms with Crippen LogP contribution in [-0.4, -0.2) is 12.3 Å². The first-order valence-electron chi connectivity index (χ1n) is 2.47. The Balaban J connectivity index is 3.16. The molecule has 0 saturated carbocycles. The molecule has 0 rings (SSSR count). The van der Waals surface area contributed by atoms with E-state index in [9.17, 15) is 0 Å². The zero-order valence-corrected chi connectivity index (χ0v) is 6.67. The van der Waals surface area contributed by atoms with Gasteiger partial charge < -0.3 is 0 Å². The van der Waals surface area contributed by atoms with Gasteiger partial charge in [0.25, 0.3) is 0 Å². The van der Waals surface area contributed by atoms with Crippen LogP contribution in [-0.2, 0) is 0 Å². The van der Waals surface area contributed by atoms with Crippen molar-refractivity contribution in [1.29, 1.82) is 0 Å². The summed E-state index contributed by atoms with van der Waals surface area (Å²) in [6.45, 7) is 7.23. The standard InChI is InChI=1S/C6H11PS/c1-3-5-7(8)6-4-2/h3-4,8H,1-2,5-6H2. The molecule has 0 radical (unpaired) electrons. The molecular weight excluding hydrogens is 135 g/mol. The van der Waals surface area contributed by atoms with Crippen LogP contribution in [0.1, 0.15) is 0 Å². The molecule has 0 heterocycles. The van der Waals surface area contributed by atoms with E-state index in [2.05, 4.69) is 25.4 Å². The molecule has 0 N–H and O–H groups in total. The monoisotopic (exact) mass is 146 g/mol. The van der Waals surface area contributed by atoms with Crippen molar-refractivity contribution in [2.24, 2.45) is 0 Å². The van der Waals surface area contributed by atoms with E-state index in [1.165, 1.54) is 0 Å². The molecule has 0 saturated heterocycles. The Morgan fingerprint density at radius 2 is 1.62 bits per heavy atom. The van der Waals surface area contributed by atoms with Crippen LogP contribution in [0.15, 0.2) is 25.3 Å². The summed E-state index contributed by atoms with van der Waals surface area (Å²) < 4.78 is 0. The Hall–Kier alpha value is 0.260. The molecular formula is C6H11PS. The predicted octanol–water partition coefficient (Wildman–Crippen LogP) is 2.69. The Bertz CT molecular complexity index is 70.6. The first-order chi connectivity index (χ1) is 3.81. The Morgan fingerprint density at radius 1 is 1.25 bits per heavy atom. The fourth-order valence-corrected chi connectivity index (χ4v) is 1.81. The normalized spacial score (nSPS) is 9.25. The third kappa shape index (κ3) is 4.42. The second-order valence-corrected chi connectivity index (χ2v) is 4.89. The SMILES string of the molecule is C=CCP(S)CC=C. The maximum Gasteiger partial charge on any atom is -0.00545 e. The number of thiol groups is 1. The van der Waals surface area contributed by atoms with Gasteiger partial charge >= 0.3 is 0 Å². The topological polar surface area (TPSA) is 0 Å². The molecule has 46 valence electrons. The first-order valence-corrected chi connectivity index (χ1v) is 5.33. The lowest BCUT2D eigenvalue weighted by Crippen LogP contribution is -1.74. The molecule has 0 fully saturated rings. The number of allylic oxidation sites excluding steroid dienone is 2. The van der Waals surface area contributed by atoms with Gasteiger partial charge in [-0.2, -0.15) is 12.2 Å². The summed E-state index contributed by atoms with van der Waals surface area (Å²) in [6, 6.07) is 0. The maximum absolute atomic E-state index is 4.31. The van der Waals surface area contributed by atoms with E-state index >= 15 is 0 Å². The van der Waals surface area contributed by atoms with Gasteiger partial charge in [0.15, 0.2) is 0 Å². The van der Waals surface area contributed by atoms with Crippen LogP contribution in [0.3, 0.4) is 0 Å². The van der Waals surface area contributed by atoms with Crippen molar-refractivity contribution in [1.82, 2.24) is 0 Å². The van der Waals surface area contributed by atoms with E-state index in [1.807, 2.05) is 12.2 Å². The second kappa shape index (κ2) is 5.40. The smallest absolute Gasteiger partial charge is 0.00545 e. The van der Waals surface area contributed by atoms with Gasteiger partial charge in [0, 0.05) is 0 Å². The molecule has 2 heteroatoms. The van der Waals surface area contributed by atoms with Crippen LogP contribution in [0.4, 0.5) is 0 Å². The van der Waals surface area contributed by atoms with Crippen LogP contribution in [0.25, 0.3) is 0 Å². The van der Waals surface area contributed by atoms with E-state index in [1.54, 1.807) is 0 Å². The highest BCUT2D eigenvalue weighted by Crippen LogP contribution is 2.39. The van der Waals surface area contributed by atoms with Crippen LogP contribution in [0, 0.1) is 0 Å². The molecule has 0 amide bonds. The molecule has 0 aromatic heterocycles. The number of rotatable bonds is 4. The van der Waals surface area contributed by atoms with Crippen molar-refractivity contribution in [2.75, 3.05) is 12.3 Å². The van der Waals surface area contributed by atoms with Gasteiger partial charge in [-0.05, 0) is 19.4 Å². The van der Waals surface area contributed by atoms with Crippen molar-refractivity contribution in [3.8, 4) is 0 Å². The highest BCUT2D eigenvalue weighted by atomic mass is 32.7. The molecule has 8 heavy (non-hydrogen) atoms.